The zero-order valence-corrected chi connectivity index (χ0v) is 20.2. The van der Waals surface area contributed by atoms with Crippen LogP contribution in [0.15, 0.2) is 29.4 Å². The molecule has 3 aromatic rings. The number of anilines is 1. The molecule has 10 heteroatoms. The van der Waals surface area contributed by atoms with Gasteiger partial charge in [-0.05, 0) is 49.8 Å². The van der Waals surface area contributed by atoms with Crippen molar-refractivity contribution in [2.24, 2.45) is 11.7 Å². The molecule has 4 rings (SSSR count). The van der Waals surface area contributed by atoms with Crippen LogP contribution in [0.4, 0.5) is 5.00 Å². The molecule has 1 aliphatic rings. The fourth-order valence-corrected chi connectivity index (χ4v) is 6.34. The summed E-state index contributed by atoms with van der Waals surface area (Å²) in [5.41, 5.74) is 7.98. The highest BCUT2D eigenvalue weighted by molar-refractivity contribution is 7.99. The largest absolute Gasteiger partial charge is 0.365 e. The molecule has 1 aromatic carbocycles. The fourth-order valence-electron chi connectivity index (χ4n) is 3.91. The maximum absolute atomic E-state index is 12.7. The van der Waals surface area contributed by atoms with Crippen LogP contribution in [-0.2, 0) is 24.2 Å². The number of benzene rings is 1. The number of thiophene rings is 1. The number of primary amides is 1. The first kappa shape index (κ1) is 22.8. The molecule has 0 saturated heterocycles. The maximum Gasteiger partial charge on any atom is 0.251 e. The molecule has 0 fully saturated rings. The highest BCUT2D eigenvalue weighted by Crippen LogP contribution is 2.39. The minimum absolute atomic E-state index is 0.144. The highest BCUT2D eigenvalue weighted by atomic mass is 35.5. The lowest BCUT2D eigenvalue weighted by atomic mass is 9.88. The van der Waals surface area contributed by atoms with Gasteiger partial charge in [0.2, 0.25) is 5.91 Å². The van der Waals surface area contributed by atoms with Gasteiger partial charge in [0.15, 0.2) is 11.0 Å². The maximum atomic E-state index is 12.7. The van der Waals surface area contributed by atoms with Gasteiger partial charge in [-0.25, -0.2) is 0 Å². The lowest BCUT2D eigenvalue weighted by Gasteiger charge is -2.18. The van der Waals surface area contributed by atoms with Crippen LogP contribution < -0.4 is 11.1 Å². The first-order valence-corrected chi connectivity index (χ1v) is 12.6. The number of halogens is 1. The number of rotatable bonds is 7. The predicted molar refractivity (Wildman–Crippen MR) is 130 cm³/mol. The van der Waals surface area contributed by atoms with Gasteiger partial charge >= 0.3 is 0 Å². The number of hydrogen-bond acceptors (Lipinski definition) is 6. The summed E-state index contributed by atoms with van der Waals surface area (Å²) in [4.78, 5) is 25.9. The molecule has 2 heterocycles. The molecular weight excluding hydrogens is 466 g/mol. The SMILES string of the molecule is CCn1c(SCC(=O)Nc2sc3c(c2C(N)=O)CCC(C)C3)nnc1-c1cccc(Cl)c1. The quantitative estimate of drug-likeness (QED) is 0.471. The third-order valence-corrected chi connectivity index (χ3v) is 7.83. The molecule has 0 aliphatic heterocycles. The van der Waals surface area contributed by atoms with Crippen LogP contribution in [0.5, 0.6) is 0 Å². The fraction of sp³-hybridized carbons (Fsp3) is 0.364. The number of thioether (sulfide) groups is 1. The molecule has 1 atom stereocenters. The second-order valence-corrected chi connectivity index (χ2v) is 10.3. The van der Waals surface area contributed by atoms with Crippen LogP contribution in [0.1, 0.15) is 41.1 Å². The number of aromatic nitrogens is 3. The minimum atomic E-state index is -0.489. The van der Waals surface area contributed by atoms with Crippen molar-refractivity contribution in [3.8, 4) is 11.4 Å². The summed E-state index contributed by atoms with van der Waals surface area (Å²) < 4.78 is 1.95. The molecule has 7 nitrogen and oxygen atoms in total. The summed E-state index contributed by atoms with van der Waals surface area (Å²) in [5, 5.41) is 13.3. The molecule has 168 valence electrons. The molecule has 0 spiro atoms. The Hall–Kier alpha value is -2.36. The first-order valence-electron chi connectivity index (χ1n) is 10.4. The van der Waals surface area contributed by atoms with Crippen molar-refractivity contribution in [2.45, 2.75) is 44.8 Å². The van der Waals surface area contributed by atoms with Crippen molar-refractivity contribution < 1.29 is 9.59 Å². The average Bonchev–Trinajstić information content (AvgIpc) is 3.32. The van der Waals surface area contributed by atoms with Crippen LogP contribution in [-0.4, -0.2) is 32.3 Å². The number of carbonyl (C=O) groups excluding carboxylic acids is 2. The van der Waals surface area contributed by atoms with Crippen molar-refractivity contribution in [3.05, 3.63) is 45.3 Å². The van der Waals surface area contributed by atoms with E-state index in [9.17, 15) is 9.59 Å². The number of nitrogens with one attached hydrogen (secondary N) is 1. The Balaban J connectivity index is 1.48. The predicted octanol–water partition coefficient (Wildman–Crippen LogP) is 4.63. The molecule has 2 amide bonds. The molecule has 0 saturated carbocycles. The van der Waals surface area contributed by atoms with Gasteiger partial charge in [0.05, 0.1) is 11.3 Å². The summed E-state index contributed by atoms with van der Waals surface area (Å²) in [6, 6.07) is 7.43. The Morgan fingerprint density at radius 1 is 1.38 bits per heavy atom. The normalized spacial score (nSPS) is 15.4. The van der Waals surface area contributed by atoms with E-state index < -0.39 is 5.91 Å². The van der Waals surface area contributed by atoms with E-state index >= 15 is 0 Å². The summed E-state index contributed by atoms with van der Waals surface area (Å²) in [5.74, 6) is 0.713. The van der Waals surface area contributed by atoms with Crippen LogP contribution in [0.2, 0.25) is 5.02 Å². The topological polar surface area (TPSA) is 103 Å². The van der Waals surface area contributed by atoms with Crippen LogP contribution in [0.25, 0.3) is 11.4 Å². The van der Waals surface area contributed by atoms with Gasteiger partial charge in [-0.3, -0.25) is 9.59 Å². The summed E-state index contributed by atoms with van der Waals surface area (Å²) >= 11 is 8.88. The van der Waals surface area contributed by atoms with Gasteiger partial charge in [-0.2, -0.15) is 0 Å². The van der Waals surface area contributed by atoms with E-state index in [-0.39, 0.29) is 11.7 Å². The zero-order chi connectivity index (χ0) is 22.8. The summed E-state index contributed by atoms with van der Waals surface area (Å²) in [6.45, 7) is 4.85. The third-order valence-electron chi connectivity index (χ3n) is 5.46. The van der Waals surface area contributed by atoms with Crippen molar-refractivity contribution in [1.29, 1.82) is 0 Å². The first-order chi connectivity index (χ1) is 15.4. The average molecular weight is 490 g/mol. The van der Waals surface area contributed by atoms with Crippen molar-refractivity contribution in [3.63, 3.8) is 0 Å². The van der Waals surface area contributed by atoms with E-state index in [1.807, 2.05) is 29.7 Å². The Kier molecular flexibility index (Phi) is 6.88. The number of hydrogen-bond donors (Lipinski definition) is 2. The van der Waals surface area contributed by atoms with E-state index in [1.165, 1.54) is 23.1 Å². The lowest BCUT2D eigenvalue weighted by Crippen LogP contribution is -2.20. The number of nitrogens with zero attached hydrogens (tertiary/aromatic N) is 3. The van der Waals surface area contributed by atoms with E-state index in [1.54, 1.807) is 6.07 Å². The second kappa shape index (κ2) is 9.64. The molecule has 2 aromatic heterocycles. The molecular formula is C22H24ClN5O2S2. The van der Waals surface area contributed by atoms with Gasteiger partial charge in [-0.15, -0.1) is 21.5 Å². The monoisotopic (exact) mass is 489 g/mol. The second-order valence-electron chi connectivity index (χ2n) is 7.82. The van der Waals surface area contributed by atoms with Gasteiger partial charge in [-0.1, -0.05) is 42.4 Å². The highest BCUT2D eigenvalue weighted by Gasteiger charge is 2.27. The van der Waals surface area contributed by atoms with E-state index in [0.717, 1.165) is 35.3 Å². The van der Waals surface area contributed by atoms with Crippen molar-refractivity contribution in [1.82, 2.24) is 14.8 Å². The number of nitrogens with two attached hydrogens (primary N) is 1. The van der Waals surface area contributed by atoms with Crippen LogP contribution in [0, 0.1) is 5.92 Å². The van der Waals surface area contributed by atoms with Crippen molar-refractivity contribution >= 4 is 51.5 Å². The van der Waals surface area contributed by atoms with Gasteiger partial charge < -0.3 is 15.6 Å². The molecule has 0 radical (unpaired) electrons. The van der Waals surface area contributed by atoms with Gasteiger partial charge in [0.25, 0.3) is 5.91 Å². The third kappa shape index (κ3) is 4.69. The Labute approximate surface area is 199 Å². The molecule has 32 heavy (non-hydrogen) atoms. The van der Waals surface area contributed by atoms with Gasteiger partial charge in [0.1, 0.15) is 5.00 Å². The van der Waals surface area contributed by atoms with E-state index in [2.05, 4.69) is 22.4 Å². The molecule has 1 unspecified atom stereocenters. The summed E-state index contributed by atoms with van der Waals surface area (Å²) in [6.07, 6.45) is 2.76. The lowest BCUT2D eigenvalue weighted by molar-refractivity contribution is -0.113. The molecule has 0 bridgehead atoms. The van der Waals surface area contributed by atoms with E-state index in [4.69, 9.17) is 17.3 Å². The van der Waals surface area contributed by atoms with Crippen molar-refractivity contribution in [2.75, 3.05) is 11.1 Å². The van der Waals surface area contributed by atoms with Crippen LogP contribution in [0.3, 0.4) is 0 Å². The zero-order valence-electron chi connectivity index (χ0n) is 17.9. The smallest absolute Gasteiger partial charge is 0.251 e. The molecule has 1 aliphatic carbocycles. The Bertz CT molecular complexity index is 1170. The Morgan fingerprint density at radius 2 is 2.19 bits per heavy atom. The molecule has 3 N–H and O–H groups in total. The van der Waals surface area contributed by atoms with Gasteiger partial charge in [0, 0.05) is 22.0 Å². The Morgan fingerprint density at radius 3 is 2.91 bits per heavy atom. The number of amides is 2. The summed E-state index contributed by atoms with van der Waals surface area (Å²) in [7, 11) is 0. The number of fused-ring (bicyclic) bond motifs is 1. The number of carbonyl (C=O) groups is 2. The van der Waals surface area contributed by atoms with E-state index in [0.29, 0.717) is 39.0 Å². The standard InChI is InChI=1S/C22H24ClN5O2S2/c1-3-28-20(13-5-4-6-14(23)10-13)26-27-22(28)31-11-17(29)25-21-18(19(24)30)15-8-7-12(2)9-16(15)32-21/h4-6,10,12H,3,7-9,11H2,1-2H3,(H2,24,30)(H,25,29). The van der Waals surface area contributed by atoms with Crippen LogP contribution >= 0.6 is 34.7 Å². The minimum Gasteiger partial charge on any atom is -0.365 e.